The topological polar surface area (TPSA) is 46.9 Å². The maximum Gasteiger partial charge on any atom is 0.0970 e. The van der Waals surface area contributed by atoms with Crippen LogP contribution in [0.15, 0.2) is 6.07 Å². The normalized spacial score (nSPS) is 30.6. The number of hydrogen-bond acceptors (Lipinski definition) is 2. The fourth-order valence-electron chi connectivity index (χ4n) is 4.27. The van der Waals surface area contributed by atoms with Gasteiger partial charge < -0.3 is 0 Å². The fraction of sp³-hybridized carbons (Fsp3) is 0.842. The molecule has 1 aromatic rings. The molecule has 3 unspecified atom stereocenters. The van der Waals surface area contributed by atoms with Gasteiger partial charge >= 0.3 is 0 Å². The molecule has 24 heavy (non-hydrogen) atoms. The minimum atomic E-state index is -0.946. The summed E-state index contributed by atoms with van der Waals surface area (Å²) < 4.78 is 17.5. The van der Waals surface area contributed by atoms with Crippen LogP contribution in [0.3, 0.4) is 0 Å². The second-order valence-electron chi connectivity index (χ2n) is 8.87. The van der Waals surface area contributed by atoms with Gasteiger partial charge in [0.1, 0.15) is 0 Å². The highest BCUT2D eigenvalue weighted by Gasteiger charge is 2.57. The maximum absolute atomic E-state index is 12.1. The number of fused-ring (bicyclic) bond motifs is 1. The number of nitrogens with zero attached hydrogens (tertiary/aromatic N) is 2. The molecule has 0 saturated heterocycles. The maximum atomic E-state index is 12.1. The van der Waals surface area contributed by atoms with E-state index < -0.39 is 11.0 Å². The highest BCUT2D eigenvalue weighted by molar-refractivity contribution is 7.84. The lowest BCUT2D eigenvalue weighted by atomic mass is 9.98. The van der Waals surface area contributed by atoms with Crippen molar-refractivity contribution in [2.24, 2.45) is 17.8 Å². The molecule has 136 valence electrons. The summed E-state index contributed by atoms with van der Waals surface area (Å²) in [5.74, 6) is 3.03. The lowest BCUT2D eigenvalue weighted by Gasteiger charge is -2.21. The van der Waals surface area contributed by atoms with Crippen molar-refractivity contribution in [3.8, 4) is 0 Å². The average Bonchev–Trinajstić information content (AvgIpc) is 2.91. The van der Waals surface area contributed by atoms with Crippen molar-refractivity contribution < 1.29 is 4.21 Å². The Balaban J connectivity index is 1.57. The third-order valence-corrected chi connectivity index (χ3v) is 7.15. The molecule has 1 heterocycles. The van der Waals surface area contributed by atoms with Gasteiger partial charge in [-0.2, -0.15) is 5.10 Å². The van der Waals surface area contributed by atoms with E-state index in [2.05, 4.69) is 36.2 Å². The van der Waals surface area contributed by atoms with Crippen molar-refractivity contribution in [3.63, 3.8) is 0 Å². The Morgan fingerprint density at radius 2 is 1.96 bits per heavy atom. The average molecular weight is 352 g/mol. The quantitative estimate of drug-likeness (QED) is 0.847. The molecular formula is C19H33N3OS. The third-order valence-electron chi connectivity index (χ3n) is 5.61. The molecular weight excluding hydrogens is 318 g/mol. The molecule has 0 aliphatic heterocycles. The van der Waals surface area contributed by atoms with Crippen LogP contribution in [0.4, 0.5) is 0 Å². The zero-order valence-corrected chi connectivity index (χ0v) is 16.8. The fourth-order valence-corrected chi connectivity index (χ4v) is 5.09. The first-order valence-corrected chi connectivity index (χ1v) is 10.6. The molecule has 2 fully saturated rings. The standard InChI is InChI=1S/C19H33N3OS/c1-7-14-10-17(22(21-14)12(2)3)18-15-8-13(9-16(15)18)11-20-24(23)19(4,5)6/h10,12-13,15-16,18,20H,7-9,11H2,1-6H3. The van der Waals surface area contributed by atoms with E-state index in [1.165, 1.54) is 24.2 Å². The molecule has 0 spiro atoms. The van der Waals surface area contributed by atoms with Gasteiger partial charge in [0, 0.05) is 24.2 Å². The number of aromatic nitrogens is 2. The Labute approximate surface area is 149 Å². The molecule has 1 N–H and O–H groups in total. The van der Waals surface area contributed by atoms with Crippen LogP contribution < -0.4 is 4.72 Å². The van der Waals surface area contributed by atoms with Crippen molar-refractivity contribution in [1.82, 2.24) is 14.5 Å². The van der Waals surface area contributed by atoms with Crippen LogP contribution in [0.25, 0.3) is 0 Å². The van der Waals surface area contributed by atoms with Gasteiger partial charge in [0.15, 0.2) is 0 Å². The summed E-state index contributed by atoms with van der Waals surface area (Å²) in [4.78, 5) is 0. The Bertz CT molecular complexity index is 605. The number of rotatable bonds is 6. The summed E-state index contributed by atoms with van der Waals surface area (Å²) in [6.45, 7) is 13.6. The summed E-state index contributed by atoms with van der Waals surface area (Å²) in [7, 11) is -0.946. The molecule has 4 nitrogen and oxygen atoms in total. The summed E-state index contributed by atoms with van der Waals surface area (Å²) >= 11 is 0. The highest BCUT2D eigenvalue weighted by Crippen LogP contribution is 2.64. The van der Waals surface area contributed by atoms with Crippen LogP contribution in [0.5, 0.6) is 0 Å². The van der Waals surface area contributed by atoms with E-state index in [1.54, 1.807) is 0 Å². The Morgan fingerprint density at radius 3 is 2.46 bits per heavy atom. The van der Waals surface area contributed by atoms with E-state index in [0.29, 0.717) is 17.9 Å². The van der Waals surface area contributed by atoms with Crippen LogP contribution in [-0.4, -0.2) is 25.3 Å². The number of nitrogens with one attached hydrogen (secondary N) is 1. The first kappa shape index (κ1) is 18.1. The van der Waals surface area contributed by atoms with Gasteiger partial charge in [0.05, 0.1) is 21.4 Å². The van der Waals surface area contributed by atoms with Crippen molar-refractivity contribution in [2.75, 3.05) is 6.54 Å². The van der Waals surface area contributed by atoms with E-state index >= 15 is 0 Å². The van der Waals surface area contributed by atoms with Crippen LogP contribution in [0, 0.1) is 17.8 Å². The van der Waals surface area contributed by atoms with Crippen molar-refractivity contribution in [2.45, 2.75) is 77.5 Å². The first-order valence-electron chi connectivity index (χ1n) is 9.46. The van der Waals surface area contributed by atoms with Gasteiger partial charge in [0.25, 0.3) is 0 Å². The van der Waals surface area contributed by atoms with Crippen molar-refractivity contribution in [1.29, 1.82) is 0 Å². The zero-order valence-electron chi connectivity index (χ0n) is 16.0. The Kier molecular flexibility index (Phi) is 4.95. The first-order chi connectivity index (χ1) is 11.2. The van der Waals surface area contributed by atoms with E-state index in [4.69, 9.17) is 5.10 Å². The van der Waals surface area contributed by atoms with Gasteiger partial charge in [-0.1, -0.05) is 6.92 Å². The monoisotopic (exact) mass is 351 g/mol. The number of hydrogen-bond donors (Lipinski definition) is 1. The second-order valence-corrected chi connectivity index (χ2v) is 10.9. The molecule has 0 bridgehead atoms. The predicted octanol–water partition coefficient (Wildman–Crippen LogP) is 3.82. The third kappa shape index (κ3) is 3.48. The number of aryl methyl sites for hydroxylation is 1. The predicted molar refractivity (Wildman–Crippen MR) is 100 cm³/mol. The molecule has 0 amide bonds. The van der Waals surface area contributed by atoms with E-state index in [1.807, 2.05) is 20.8 Å². The second kappa shape index (κ2) is 6.56. The van der Waals surface area contributed by atoms with Gasteiger partial charge in [-0.15, -0.1) is 0 Å². The minimum Gasteiger partial charge on any atom is -0.267 e. The van der Waals surface area contributed by atoms with E-state index in [0.717, 1.165) is 24.8 Å². The highest BCUT2D eigenvalue weighted by atomic mass is 32.2. The van der Waals surface area contributed by atoms with E-state index in [9.17, 15) is 4.21 Å². The lowest BCUT2D eigenvalue weighted by molar-refractivity contribution is 0.443. The molecule has 5 heteroatoms. The largest absolute Gasteiger partial charge is 0.267 e. The van der Waals surface area contributed by atoms with Crippen LogP contribution in [-0.2, 0) is 17.4 Å². The summed E-state index contributed by atoms with van der Waals surface area (Å²) in [6, 6.07) is 2.78. The van der Waals surface area contributed by atoms with Crippen LogP contribution >= 0.6 is 0 Å². The zero-order chi connectivity index (χ0) is 17.6. The van der Waals surface area contributed by atoms with Crippen LogP contribution in [0.1, 0.15) is 77.7 Å². The smallest absolute Gasteiger partial charge is 0.0970 e. The molecule has 3 rings (SSSR count). The van der Waals surface area contributed by atoms with Crippen molar-refractivity contribution >= 4 is 11.0 Å². The summed E-state index contributed by atoms with van der Waals surface area (Å²) in [5.41, 5.74) is 2.68. The SMILES string of the molecule is CCc1cc(C2C3CC(CNS(=O)C(C)(C)C)CC32)n(C(C)C)n1. The minimum absolute atomic E-state index is 0.176. The molecule has 2 aliphatic rings. The molecule has 1 aromatic heterocycles. The molecule has 2 aliphatic carbocycles. The van der Waals surface area contributed by atoms with Gasteiger partial charge in [-0.05, 0) is 77.7 Å². The summed E-state index contributed by atoms with van der Waals surface area (Å²) in [6.07, 6.45) is 3.56. The van der Waals surface area contributed by atoms with Crippen LogP contribution in [0.2, 0.25) is 0 Å². The Morgan fingerprint density at radius 1 is 1.33 bits per heavy atom. The van der Waals surface area contributed by atoms with E-state index in [-0.39, 0.29) is 4.75 Å². The van der Waals surface area contributed by atoms with Gasteiger partial charge in [-0.25, -0.2) is 8.93 Å². The van der Waals surface area contributed by atoms with Gasteiger partial charge in [-0.3, -0.25) is 4.68 Å². The molecule has 2 saturated carbocycles. The molecule has 0 radical (unpaired) electrons. The molecule has 0 aromatic carbocycles. The lowest BCUT2D eigenvalue weighted by Crippen LogP contribution is -2.35. The Hall–Kier alpha value is -0.680. The molecule has 3 atom stereocenters. The summed E-state index contributed by atoms with van der Waals surface area (Å²) in [5, 5.41) is 4.79. The van der Waals surface area contributed by atoms with Crippen molar-refractivity contribution in [3.05, 3.63) is 17.5 Å². The van der Waals surface area contributed by atoms with Gasteiger partial charge in [0.2, 0.25) is 0 Å².